The van der Waals surface area contributed by atoms with Gasteiger partial charge in [0.15, 0.2) is 0 Å². The van der Waals surface area contributed by atoms with E-state index in [-0.39, 0.29) is 18.3 Å². The first-order valence-corrected chi connectivity index (χ1v) is 16.5. The molecule has 6 heteroatoms. The molecule has 0 bridgehead atoms. The molecule has 0 heterocycles. The molecule has 0 aliphatic carbocycles. The Labute approximate surface area is 252 Å². The van der Waals surface area contributed by atoms with Crippen LogP contribution >= 0.6 is 0 Å². The van der Waals surface area contributed by atoms with Crippen LogP contribution in [-0.4, -0.2) is 52.1 Å². The SMILES string of the molecule is COC[C@@H](O)[C@H](OCc1ccccc1)[C@@H](CO[Si](c1ccccc1)(c1ccccc1)C(C)(C)C)OCc1ccccc1. The van der Waals surface area contributed by atoms with Gasteiger partial charge < -0.3 is 23.7 Å². The zero-order valence-corrected chi connectivity index (χ0v) is 26.2. The fourth-order valence-corrected chi connectivity index (χ4v) is 10.1. The van der Waals surface area contributed by atoms with Crippen LogP contribution in [0.25, 0.3) is 0 Å². The average molecular weight is 585 g/mol. The summed E-state index contributed by atoms with van der Waals surface area (Å²) in [6.07, 6.45) is -2.17. The van der Waals surface area contributed by atoms with Crippen molar-refractivity contribution < 1.29 is 23.7 Å². The van der Waals surface area contributed by atoms with Gasteiger partial charge in [0.05, 0.1) is 26.4 Å². The Kier molecular flexibility index (Phi) is 11.7. The van der Waals surface area contributed by atoms with Gasteiger partial charge >= 0.3 is 0 Å². The molecule has 0 amide bonds. The lowest BCUT2D eigenvalue weighted by atomic mass is 10.1. The Morgan fingerprint density at radius 1 is 0.619 bits per heavy atom. The quantitative estimate of drug-likeness (QED) is 0.181. The highest BCUT2D eigenvalue weighted by Gasteiger charge is 2.51. The molecule has 3 atom stereocenters. The predicted octanol–water partition coefficient (Wildman–Crippen LogP) is 5.74. The van der Waals surface area contributed by atoms with E-state index in [1.165, 1.54) is 10.4 Å². The summed E-state index contributed by atoms with van der Waals surface area (Å²) in [5, 5.41) is 13.5. The van der Waals surface area contributed by atoms with Crippen LogP contribution < -0.4 is 10.4 Å². The molecule has 4 aromatic carbocycles. The highest BCUT2D eigenvalue weighted by atomic mass is 28.4. The largest absolute Gasteiger partial charge is 0.405 e. The fraction of sp³-hybridized carbons (Fsp3) is 0.333. The van der Waals surface area contributed by atoms with Crippen molar-refractivity contribution in [1.82, 2.24) is 0 Å². The van der Waals surface area contributed by atoms with Crippen molar-refractivity contribution >= 4 is 18.7 Å². The summed E-state index contributed by atoms with van der Waals surface area (Å²) in [4.78, 5) is 0. The third-order valence-electron chi connectivity index (χ3n) is 7.56. The Balaban J connectivity index is 1.71. The first-order valence-electron chi connectivity index (χ1n) is 14.6. The summed E-state index contributed by atoms with van der Waals surface area (Å²) in [5.41, 5.74) is 2.05. The molecular weight excluding hydrogens is 540 g/mol. The van der Waals surface area contributed by atoms with Crippen molar-refractivity contribution in [3.05, 3.63) is 132 Å². The van der Waals surface area contributed by atoms with Gasteiger partial charge in [-0.25, -0.2) is 0 Å². The molecule has 0 saturated heterocycles. The highest BCUT2D eigenvalue weighted by molar-refractivity contribution is 6.99. The van der Waals surface area contributed by atoms with Crippen molar-refractivity contribution in [3.63, 3.8) is 0 Å². The van der Waals surface area contributed by atoms with Crippen LogP contribution in [-0.2, 0) is 31.9 Å². The molecule has 0 radical (unpaired) electrons. The normalized spacial score (nSPS) is 14.3. The number of hydrogen-bond donors (Lipinski definition) is 1. The summed E-state index contributed by atoms with van der Waals surface area (Å²) in [6.45, 7) is 7.80. The van der Waals surface area contributed by atoms with E-state index in [9.17, 15) is 5.11 Å². The first-order chi connectivity index (χ1) is 20.3. The van der Waals surface area contributed by atoms with Gasteiger partial charge in [-0.3, -0.25) is 0 Å². The molecule has 42 heavy (non-hydrogen) atoms. The van der Waals surface area contributed by atoms with Crippen molar-refractivity contribution in [1.29, 1.82) is 0 Å². The van der Waals surface area contributed by atoms with Gasteiger partial charge in [0.2, 0.25) is 0 Å². The summed E-state index contributed by atoms with van der Waals surface area (Å²) in [5.74, 6) is 0. The molecule has 0 unspecified atom stereocenters. The summed E-state index contributed by atoms with van der Waals surface area (Å²) in [6, 6.07) is 41.1. The third kappa shape index (κ3) is 8.04. The number of aliphatic hydroxyl groups excluding tert-OH is 1. The molecule has 0 aliphatic rings. The number of hydrogen-bond acceptors (Lipinski definition) is 5. The fourth-order valence-electron chi connectivity index (χ4n) is 5.48. The molecule has 4 aromatic rings. The maximum Gasteiger partial charge on any atom is 0.261 e. The van der Waals surface area contributed by atoms with Crippen molar-refractivity contribution in [3.8, 4) is 0 Å². The van der Waals surface area contributed by atoms with E-state index in [0.29, 0.717) is 13.2 Å². The van der Waals surface area contributed by atoms with Gasteiger partial charge in [0.1, 0.15) is 18.3 Å². The molecule has 0 saturated carbocycles. The van der Waals surface area contributed by atoms with Crippen LogP contribution in [0.15, 0.2) is 121 Å². The van der Waals surface area contributed by atoms with E-state index in [1.54, 1.807) is 7.11 Å². The zero-order valence-electron chi connectivity index (χ0n) is 25.2. The maximum absolute atomic E-state index is 11.3. The Hall–Kier alpha value is -3.10. The highest BCUT2D eigenvalue weighted by Crippen LogP contribution is 2.37. The lowest BCUT2D eigenvalue weighted by Crippen LogP contribution is -2.67. The van der Waals surface area contributed by atoms with Gasteiger partial charge in [0.25, 0.3) is 8.32 Å². The predicted molar refractivity (Wildman–Crippen MR) is 171 cm³/mol. The summed E-state index contributed by atoms with van der Waals surface area (Å²) in [7, 11) is -1.28. The minimum atomic E-state index is -2.85. The second-order valence-electron chi connectivity index (χ2n) is 11.6. The molecule has 0 spiro atoms. The topological polar surface area (TPSA) is 57.2 Å². The molecule has 1 N–H and O–H groups in total. The van der Waals surface area contributed by atoms with Crippen molar-refractivity contribution in [2.45, 2.75) is 57.3 Å². The van der Waals surface area contributed by atoms with Crippen LogP contribution in [0, 0.1) is 0 Å². The number of rotatable bonds is 15. The standard InChI is InChI=1S/C36H44O5Si/c1-36(2,3)42(31-21-13-7-14-22-31,32-23-15-8-16-24-32)41-28-34(39-25-29-17-9-5-10-18-29)35(33(37)27-38-4)40-26-30-19-11-6-12-20-30/h5-24,33-35,37H,25-28H2,1-4H3/t33-,34-,35+/m1/s1. The monoisotopic (exact) mass is 584 g/mol. The maximum atomic E-state index is 11.3. The van der Waals surface area contributed by atoms with Crippen LogP contribution in [0.1, 0.15) is 31.9 Å². The van der Waals surface area contributed by atoms with Crippen molar-refractivity contribution in [2.24, 2.45) is 0 Å². The summed E-state index contributed by atoms with van der Waals surface area (Å²) >= 11 is 0. The Morgan fingerprint density at radius 3 is 1.48 bits per heavy atom. The van der Waals surface area contributed by atoms with Crippen molar-refractivity contribution in [2.75, 3.05) is 20.3 Å². The van der Waals surface area contributed by atoms with Gasteiger partial charge in [-0.15, -0.1) is 0 Å². The smallest absolute Gasteiger partial charge is 0.261 e. The molecule has 222 valence electrons. The number of ether oxygens (including phenoxy) is 3. The Morgan fingerprint density at radius 2 is 1.05 bits per heavy atom. The lowest BCUT2D eigenvalue weighted by molar-refractivity contribution is -0.153. The minimum Gasteiger partial charge on any atom is -0.405 e. The van der Waals surface area contributed by atoms with E-state index in [1.807, 2.05) is 72.8 Å². The van der Waals surface area contributed by atoms with Crippen LogP contribution in [0.3, 0.4) is 0 Å². The second kappa shape index (κ2) is 15.4. The van der Waals surface area contributed by atoms with E-state index < -0.39 is 26.6 Å². The molecule has 0 fully saturated rings. The van der Waals surface area contributed by atoms with Crippen LogP contribution in [0.4, 0.5) is 0 Å². The van der Waals surface area contributed by atoms with Gasteiger partial charge in [0, 0.05) is 7.11 Å². The number of methoxy groups -OCH3 is 1. The van der Waals surface area contributed by atoms with Gasteiger partial charge in [-0.1, -0.05) is 142 Å². The van der Waals surface area contributed by atoms with E-state index >= 15 is 0 Å². The van der Waals surface area contributed by atoms with Gasteiger partial charge in [-0.2, -0.15) is 0 Å². The molecule has 5 nitrogen and oxygen atoms in total. The third-order valence-corrected chi connectivity index (χ3v) is 12.6. The molecule has 0 aliphatic heterocycles. The van der Waals surface area contributed by atoms with E-state index in [0.717, 1.165) is 11.1 Å². The van der Waals surface area contributed by atoms with Crippen LogP contribution in [0.5, 0.6) is 0 Å². The summed E-state index contributed by atoms with van der Waals surface area (Å²) < 4.78 is 25.6. The van der Waals surface area contributed by atoms with E-state index in [4.69, 9.17) is 18.6 Å². The molecule has 4 rings (SSSR count). The van der Waals surface area contributed by atoms with Crippen LogP contribution in [0.2, 0.25) is 5.04 Å². The van der Waals surface area contributed by atoms with E-state index in [2.05, 4.69) is 69.3 Å². The second-order valence-corrected chi connectivity index (χ2v) is 15.9. The zero-order chi connectivity index (χ0) is 29.8. The number of benzene rings is 4. The van der Waals surface area contributed by atoms with Gasteiger partial charge in [-0.05, 0) is 26.5 Å². The number of aliphatic hydroxyl groups is 1. The minimum absolute atomic E-state index is 0.115. The lowest BCUT2D eigenvalue weighted by Gasteiger charge is -2.44. The molecule has 0 aromatic heterocycles. The molecular formula is C36H44O5Si. The average Bonchev–Trinajstić information content (AvgIpc) is 3.01. The Bertz CT molecular complexity index is 1260. The first kappa shape index (κ1) is 31.8.